The van der Waals surface area contributed by atoms with Gasteiger partial charge in [-0.15, -0.1) is 0 Å². The van der Waals surface area contributed by atoms with Crippen LogP contribution < -0.4 is 5.32 Å². The Balaban J connectivity index is 2.06. The van der Waals surface area contributed by atoms with Crippen molar-refractivity contribution < 1.29 is 0 Å². The Morgan fingerprint density at radius 3 is 2.67 bits per heavy atom. The van der Waals surface area contributed by atoms with E-state index in [0.717, 1.165) is 19.0 Å². The molecule has 2 heteroatoms. The third-order valence-electron chi connectivity index (χ3n) is 2.69. The molecule has 1 N–H and O–H groups in total. The molecular weight excluding hydrogens is 148 g/mol. The van der Waals surface area contributed by atoms with Crippen molar-refractivity contribution in [3.8, 4) is 0 Å². The molecule has 1 aliphatic carbocycles. The number of hydrogen-bond acceptors (Lipinski definition) is 2. The van der Waals surface area contributed by atoms with Crippen LogP contribution in [0.5, 0.6) is 0 Å². The molecule has 2 nitrogen and oxygen atoms in total. The fourth-order valence-electron chi connectivity index (χ4n) is 1.40. The number of nitrogens with one attached hydrogen (secondary N) is 1. The Morgan fingerprint density at radius 2 is 2.17 bits per heavy atom. The van der Waals surface area contributed by atoms with E-state index < -0.39 is 0 Å². The molecule has 0 saturated heterocycles. The fourth-order valence-corrected chi connectivity index (χ4v) is 1.40. The molecule has 1 unspecified atom stereocenters. The van der Waals surface area contributed by atoms with Gasteiger partial charge < -0.3 is 10.2 Å². The van der Waals surface area contributed by atoms with E-state index in [1.807, 2.05) is 0 Å². The zero-order valence-corrected chi connectivity index (χ0v) is 8.64. The summed E-state index contributed by atoms with van der Waals surface area (Å²) in [5.41, 5.74) is 0. The van der Waals surface area contributed by atoms with E-state index in [1.165, 1.54) is 19.4 Å². The Hall–Kier alpha value is -0.0800. The number of rotatable bonds is 6. The summed E-state index contributed by atoms with van der Waals surface area (Å²) in [4.78, 5) is 2.47. The average Bonchev–Trinajstić information content (AvgIpc) is 2.83. The summed E-state index contributed by atoms with van der Waals surface area (Å²) in [5, 5.41) is 3.38. The molecule has 0 aromatic heterocycles. The van der Waals surface area contributed by atoms with Crippen LogP contribution in [0, 0.1) is 5.92 Å². The first-order valence-electron chi connectivity index (χ1n) is 5.15. The average molecular weight is 170 g/mol. The van der Waals surface area contributed by atoms with Gasteiger partial charge in [0.05, 0.1) is 0 Å². The lowest BCUT2D eigenvalue weighted by atomic mass is 10.2. The summed E-state index contributed by atoms with van der Waals surface area (Å²) >= 11 is 0. The van der Waals surface area contributed by atoms with Gasteiger partial charge in [-0.05, 0) is 39.3 Å². The van der Waals surface area contributed by atoms with Crippen molar-refractivity contribution in [3.63, 3.8) is 0 Å². The predicted molar refractivity (Wildman–Crippen MR) is 53.4 cm³/mol. The monoisotopic (exact) mass is 170 g/mol. The molecule has 0 aromatic carbocycles. The lowest BCUT2D eigenvalue weighted by Crippen LogP contribution is -2.38. The maximum Gasteiger partial charge on any atom is 0.0189 e. The molecule has 0 heterocycles. The van der Waals surface area contributed by atoms with Crippen molar-refractivity contribution in [3.05, 3.63) is 0 Å². The Morgan fingerprint density at radius 1 is 1.50 bits per heavy atom. The van der Waals surface area contributed by atoms with E-state index in [9.17, 15) is 0 Å². The third kappa shape index (κ3) is 3.55. The van der Waals surface area contributed by atoms with Gasteiger partial charge in [-0.1, -0.05) is 6.92 Å². The molecule has 1 atom stereocenters. The fraction of sp³-hybridized carbons (Fsp3) is 1.00. The molecule has 72 valence electrons. The minimum Gasteiger partial charge on any atom is -0.315 e. The molecular formula is C10H22N2. The van der Waals surface area contributed by atoms with Crippen LogP contribution in [0.1, 0.15) is 26.7 Å². The van der Waals surface area contributed by atoms with Crippen LogP contribution in [-0.4, -0.2) is 37.6 Å². The van der Waals surface area contributed by atoms with Crippen molar-refractivity contribution in [2.24, 2.45) is 5.92 Å². The van der Waals surface area contributed by atoms with Gasteiger partial charge in [0.15, 0.2) is 0 Å². The van der Waals surface area contributed by atoms with Crippen LogP contribution in [0.2, 0.25) is 0 Å². The third-order valence-corrected chi connectivity index (χ3v) is 2.69. The number of hydrogen-bond donors (Lipinski definition) is 1. The Kier molecular flexibility index (Phi) is 4.02. The lowest BCUT2D eigenvalue weighted by Gasteiger charge is -2.24. The van der Waals surface area contributed by atoms with Crippen molar-refractivity contribution in [2.75, 3.05) is 26.7 Å². The van der Waals surface area contributed by atoms with Crippen LogP contribution in [0.15, 0.2) is 0 Å². The van der Waals surface area contributed by atoms with Gasteiger partial charge in [0.25, 0.3) is 0 Å². The van der Waals surface area contributed by atoms with Crippen molar-refractivity contribution in [1.29, 1.82) is 0 Å². The quantitative estimate of drug-likeness (QED) is 0.647. The number of nitrogens with zero attached hydrogens (tertiary/aromatic N) is 1. The van der Waals surface area contributed by atoms with E-state index >= 15 is 0 Å². The highest BCUT2D eigenvalue weighted by atomic mass is 15.1. The van der Waals surface area contributed by atoms with Crippen LogP contribution in [-0.2, 0) is 0 Å². The summed E-state index contributed by atoms with van der Waals surface area (Å²) in [5.74, 6) is 1.01. The minimum absolute atomic E-state index is 0.686. The van der Waals surface area contributed by atoms with E-state index in [-0.39, 0.29) is 0 Å². The second-order valence-corrected chi connectivity index (χ2v) is 4.04. The highest BCUT2D eigenvalue weighted by molar-refractivity contribution is 4.78. The van der Waals surface area contributed by atoms with Crippen molar-refractivity contribution >= 4 is 0 Å². The minimum atomic E-state index is 0.686. The Bertz CT molecular complexity index is 121. The van der Waals surface area contributed by atoms with Gasteiger partial charge in [0.2, 0.25) is 0 Å². The van der Waals surface area contributed by atoms with Crippen LogP contribution >= 0.6 is 0 Å². The molecule has 0 radical (unpaired) electrons. The van der Waals surface area contributed by atoms with Gasteiger partial charge in [-0.2, -0.15) is 0 Å². The highest BCUT2D eigenvalue weighted by Gasteiger charge is 2.24. The summed E-state index contributed by atoms with van der Waals surface area (Å²) in [7, 11) is 2.24. The van der Waals surface area contributed by atoms with Gasteiger partial charge in [0.1, 0.15) is 0 Å². The van der Waals surface area contributed by atoms with E-state index in [2.05, 4.69) is 31.1 Å². The molecule has 0 amide bonds. The summed E-state index contributed by atoms with van der Waals surface area (Å²) < 4.78 is 0. The topological polar surface area (TPSA) is 15.3 Å². The maximum atomic E-state index is 3.38. The number of likely N-dealkylation sites (N-methyl/N-ethyl adjacent to an activating group) is 2. The second kappa shape index (κ2) is 4.83. The standard InChI is InChI=1S/C10H22N2/c1-4-11-7-9(2)12(3)8-10-5-6-10/h9-11H,4-8H2,1-3H3. The zero-order valence-electron chi connectivity index (χ0n) is 8.64. The first-order valence-corrected chi connectivity index (χ1v) is 5.15. The smallest absolute Gasteiger partial charge is 0.0189 e. The van der Waals surface area contributed by atoms with Gasteiger partial charge in [0, 0.05) is 19.1 Å². The summed E-state index contributed by atoms with van der Waals surface area (Å²) in [6.45, 7) is 7.96. The van der Waals surface area contributed by atoms with Crippen LogP contribution in [0.4, 0.5) is 0 Å². The first kappa shape index (κ1) is 10.0. The molecule has 0 bridgehead atoms. The van der Waals surface area contributed by atoms with Gasteiger partial charge in [-0.25, -0.2) is 0 Å². The van der Waals surface area contributed by atoms with E-state index in [1.54, 1.807) is 0 Å². The van der Waals surface area contributed by atoms with Crippen LogP contribution in [0.3, 0.4) is 0 Å². The molecule has 0 aliphatic heterocycles. The van der Waals surface area contributed by atoms with E-state index in [0.29, 0.717) is 6.04 Å². The van der Waals surface area contributed by atoms with Gasteiger partial charge >= 0.3 is 0 Å². The molecule has 1 rings (SSSR count). The maximum absolute atomic E-state index is 3.38. The predicted octanol–water partition coefficient (Wildman–Crippen LogP) is 1.33. The normalized spacial score (nSPS) is 20.0. The largest absolute Gasteiger partial charge is 0.315 e. The van der Waals surface area contributed by atoms with Gasteiger partial charge in [-0.3, -0.25) is 0 Å². The first-order chi connectivity index (χ1) is 5.74. The highest BCUT2D eigenvalue weighted by Crippen LogP contribution is 2.29. The SMILES string of the molecule is CCNCC(C)N(C)CC1CC1. The van der Waals surface area contributed by atoms with Crippen LogP contribution in [0.25, 0.3) is 0 Å². The van der Waals surface area contributed by atoms with Crippen molar-refractivity contribution in [1.82, 2.24) is 10.2 Å². The van der Waals surface area contributed by atoms with Crippen molar-refractivity contribution in [2.45, 2.75) is 32.7 Å². The lowest BCUT2D eigenvalue weighted by molar-refractivity contribution is 0.242. The molecule has 1 aliphatic rings. The molecule has 1 fully saturated rings. The zero-order chi connectivity index (χ0) is 8.97. The summed E-state index contributed by atoms with van der Waals surface area (Å²) in [6.07, 6.45) is 2.91. The second-order valence-electron chi connectivity index (χ2n) is 4.04. The molecule has 0 spiro atoms. The molecule has 0 aromatic rings. The summed E-state index contributed by atoms with van der Waals surface area (Å²) in [6, 6.07) is 0.686. The molecule has 12 heavy (non-hydrogen) atoms. The Labute approximate surface area is 76.3 Å². The van der Waals surface area contributed by atoms with E-state index in [4.69, 9.17) is 0 Å². The molecule has 1 saturated carbocycles.